The Balaban J connectivity index is 2.28. The standard InChI is InChI=1S/C14H24N2/c1-11(2)8-9-12(3)15-10-14-7-5-6-13(4)16-14/h5-7,11-12,15H,8-10H2,1-4H3. The first-order chi connectivity index (χ1) is 7.58. The van der Waals surface area contributed by atoms with Gasteiger partial charge in [-0.25, -0.2) is 0 Å². The summed E-state index contributed by atoms with van der Waals surface area (Å²) in [6, 6.07) is 6.75. The maximum Gasteiger partial charge on any atom is 0.0544 e. The van der Waals surface area contributed by atoms with Gasteiger partial charge in [-0.05, 0) is 44.7 Å². The summed E-state index contributed by atoms with van der Waals surface area (Å²) in [4.78, 5) is 4.48. The summed E-state index contributed by atoms with van der Waals surface area (Å²) in [7, 11) is 0. The van der Waals surface area contributed by atoms with Crippen molar-refractivity contribution in [2.45, 2.75) is 53.1 Å². The molecule has 1 unspecified atom stereocenters. The average molecular weight is 220 g/mol. The van der Waals surface area contributed by atoms with Gasteiger partial charge in [0.25, 0.3) is 0 Å². The molecule has 2 nitrogen and oxygen atoms in total. The fourth-order valence-corrected chi connectivity index (χ4v) is 1.66. The second kappa shape index (κ2) is 6.64. The van der Waals surface area contributed by atoms with Crippen molar-refractivity contribution in [2.24, 2.45) is 5.92 Å². The first-order valence-corrected chi connectivity index (χ1v) is 6.24. The summed E-state index contributed by atoms with van der Waals surface area (Å²) in [6.45, 7) is 9.70. The number of hydrogen-bond acceptors (Lipinski definition) is 2. The second-order valence-electron chi connectivity index (χ2n) is 5.02. The molecule has 0 aromatic carbocycles. The van der Waals surface area contributed by atoms with Crippen molar-refractivity contribution in [1.29, 1.82) is 0 Å². The van der Waals surface area contributed by atoms with Crippen LogP contribution >= 0.6 is 0 Å². The molecule has 1 N–H and O–H groups in total. The van der Waals surface area contributed by atoms with E-state index < -0.39 is 0 Å². The maximum atomic E-state index is 4.48. The van der Waals surface area contributed by atoms with Crippen LogP contribution in [0.3, 0.4) is 0 Å². The van der Waals surface area contributed by atoms with Crippen LogP contribution in [0.15, 0.2) is 18.2 Å². The maximum absolute atomic E-state index is 4.48. The van der Waals surface area contributed by atoms with Crippen molar-refractivity contribution in [3.63, 3.8) is 0 Å². The van der Waals surface area contributed by atoms with Crippen LogP contribution in [0.4, 0.5) is 0 Å². The Morgan fingerprint density at radius 2 is 1.94 bits per heavy atom. The van der Waals surface area contributed by atoms with Gasteiger partial charge in [0.1, 0.15) is 0 Å². The summed E-state index contributed by atoms with van der Waals surface area (Å²) in [5.74, 6) is 0.793. The van der Waals surface area contributed by atoms with Crippen LogP contribution in [0.2, 0.25) is 0 Å². The molecule has 0 aliphatic heterocycles. The lowest BCUT2D eigenvalue weighted by Crippen LogP contribution is -2.26. The van der Waals surface area contributed by atoms with Crippen molar-refractivity contribution in [3.05, 3.63) is 29.6 Å². The van der Waals surface area contributed by atoms with E-state index in [1.165, 1.54) is 12.8 Å². The number of pyridine rings is 1. The molecule has 0 saturated carbocycles. The van der Waals surface area contributed by atoms with Crippen LogP contribution in [0.5, 0.6) is 0 Å². The molecule has 1 aromatic rings. The van der Waals surface area contributed by atoms with Crippen molar-refractivity contribution in [3.8, 4) is 0 Å². The largest absolute Gasteiger partial charge is 0.309 e. The van der Waals surface area contributed by atoms with E-state index in [-0.39, 0.29) is 0 Å². The molecule has 0 amide bonds. The van der Waals surface area contributed by atoms with Gasteiger partial charge in [0, 0.05) is 18.3 Å². The Bertz CT molecular complexity index is 307. The third kappa shape index (κ3) is 5.26. The number of aryl methyl sites for hydroxylation is 1. The van der Waals surface area contributed by atoms with Gasteiger partial charge in [-0.3, -0.25) is 4.98 Å². The molecule has 90 valence electrons. The van der Waals surface area contributed by atoms with E-state index in [0.29, 0.717) is 6.04 Å². The summed E-state index contributed by atoms with van der Waals surface area (Å²) in [5, 5.41) is 3.52. The van der Waals surface area contributed by atoms with E-state index in [4.69, 9.17) is 0 Å². The first-order valence-electron chi connectivity index (χ1n) is 6.24. The molecule has 0 fully saturated rings. The van der Waals surface area contributed by atoms with Gasteiger partial charge in [0.2, 0.25) is 0 Å². The van der Waals surface area contributed by atoms with Gasteiger partial charge in [0.15, 0.2) is 0 Å². The quantitative estimate of drug-likeness (QED) is 0.795. The minimum Gasteiger partial charge on any atom is -0.309 e. The third-order valence-electron chi connectivity index (χ3n) is 2.75. The Morgan fingerprint density at radius 1 is 1.19 bits per heavy atom. The second-order valence-corrected chi connectivity index (χ2v) is 5.02. The lowest BCUT2D eigenvalue weighted by molar-refractivity contribution is 0.448. The lowest BCUT2D eigenvalue weighted by Gasteiger charge is -2.14. The number of rotatable bonds is 6. The predicted octanol–water partition coefficient (Wildman–Crippen LogP) is 3.30. The molecule has 0 radical (unpaired) electrons. The van der Waals surface area contributed by atoms with E-state index in [1.807, 2.05) is 13.0 Å². The van der Waals surface area contributed by atoms with E-state index >= 15 is 0 Å². The Morgan fingerprint density at radius 3 is 2.56 bits per heavy atom. The molecule has 0 aliphatic rings. The van der Waals surface area contributed by atoms with Crippen LogP contribution in [-0.2, 0) is 6.54 Å². The molecule has 1 aromatic heterocycles. The fourth-order valence-electron chi connectivity index (χ4n) is 1.66. The highest BCUT2D eigenvalue weighted by molar-refractivity contribution is 5.09. The summed E-state index contributed by atoms with van der Waals surface area (Å²) in [6.07, 6.45) is 2.53. The van der Waals surface area contributed by atoms with Crippen LogP contribution < -0.4 is 5.32 Å². The van der Waals surface area contributed by atoms with Crippen molar-refractivity contribution < 1.29 is 0 Å². The topological polar surface area (TPSA) is 24.9 Å². The normalized spacial score (nSPS) is 13.1. The summed E-state index contributed by atoms with van der Waals surface area (Å²) < 4.78 is 0. The SMILES string of the molecule is Cc1cccc(CNC(C)CCC(C)C)n1. The Kier molecular flexibility index (Phi) is 5.47. The van der Waals surface area contributed by atoms with Crippen molar-refractivity contribution in [1.82, 2.24) is 10.3 Å². The fraction of sp³-hybridized carbons (Fsp3) is 0.643. The molecule has 0 spiro atoms. The number of nitrogens with zero attached hydrogens (tertiary/aromatic N) is 1. The van der Waals surface area contributed by atoms with E-state index in [2.05, 4.69) is 43.2 Å². The van der Waals surface area contributed by atoms with E-state index in [0.717, 1.165) is 23.9 Å². The van der Waals surface area contributed by atoms with Gasteiger partial charge in [-0.15, -0.1) is 0 Å². The zero-order chi connectivity index (χ0) is 12.0. The molecule has 0 saturated heterocycles. The smallest absolute Gasteiger partial charge is 0.0544 e. The molecule has 0 bridgehead atoms. The summed E-state index contributed by atoms with van der Waals surface area (Å²) >= 11 is 0. The zero-order valence-electron chi connectivity index (χ0n) is 11.0. The van der Waals surface area contributed by atoms with Crippen molar-refractivity contribution in [2.75, 3.05) is 0 Å². The highest BCUT2D eigenvalue weighted by Crippen LogP contribution is 2.07. The van der Waals surface area contributed by atoms with Gasteiger partial charge in [0.05, 0.1) is 5.69 Å². The predicted molar refractivity (Wildman–Crippen MR) is 69.3 cm³/mol. The average Bonchev–Trinajstić information content (AvgIpc) is 2.23. The number of aromatic nitrogens is 1. The molecule has 1 heterocycles. The minimum absolute atomic E-state index is 0.574. The molecular weight excluding hydrogens is 196 g/mol. The van der Waals surface area contributed by atoms with Gasteiger partial charge in [-0.2, -0.15) is 0 Å². The Hall–Kier alpha value is -0.890. The highest BCUT2D eigenvalue weighted by Gasteiger charge is 2.03. The monoisotopic (exact) mass is 220 g/mol. The first kappa shape index (κ1) is 13.2. The molecule has 16 heavy (non-hydrogen) atoms. The summed E-state index contributed by atoms with van der Waals surface area (Å²) in [5.41, 5.74) is 2.23. The molecular formula is C14H24N2. The zero-order valence-corrected chi connectivity index (χ0v) is 11.0. The van der Waals surface area contributed by atoms with Crippen molar-refractivity contribution >= 4 is 0 Å². The molecule has 1 atom stereocenters. The molecule has 2 heteroatoms. The number of nitrogens with one attached hydrogen (secondary N) is 1. The molecule has 1 rings (SSSR count). The minimum atomic E-state index is 0.574. The highest BCUT2D eigenvalue weighted by atomic mass is 14.9. The van der Waals surface area contributed by atoms with Gasteiger partial charge in [-0.1, -0.05) is 19.9 Å². The van der Waals surface area contributed by atoms with E-state index in [1.54, 1.807) is 0 Å². The van der Waals surface area contributed by atoms with Gasteiger partial charge < -0.3 is 5.32 Å². The Labute approximate surface area is 99.5 Å². The van der Waals surface area contributed by atoms with Crippen LogP contribution in [0, 0.1) is 12.8 Å². The van der Waals surface area contributed by atoms with Gasteiger partial charge >= 0.3 is 0 Å². The number of hydrogen-bond donors (Lipinski definition) is 1. The lowest BCUT2D eigenvalue weighted by atomic mass is 10.0. The van der Waals surface area contributed by atoms with Crippen LogP contribution in [0.25, 0.3) is 0 Å². The third-order valence-corrected chi connectivity index (χ3v) is 2.75. The molecule has 0 aliphatic carbocycles. The van der Waals surface area contributed by atoms with Crippen LogP contribution in [-0.4, -0.2) is 11.0 Å². The van der Waals surface area contributed by atoms with E-state index in [9.17, 15) is 0 Å². The van der Waals surface area contributed by atoms with Crippen LogP contribution in [0.1, 0.15) is 45.0 Å².